The van der Waals surface area contributed by atoms with Crippen LogP contribution in [0.5, 0.6) is 5.75 Å². The Kier molecular flexibility index (Phi) is 4.95. The molecule has 1 aromatic carbocycles. The van der Waals surface area contributed by atoms with Crippen LogP contribution in [0.1, 0.15) is 18.5 Å². The zero-order valence-corrected chi connectivity index (χ0v) is 16.1. The minimum absolute atomic E-state index is 0.630. The molecule has 2 aliphatic rings. The molecule has 0 unspecified atom stereocenters. The highest BCUT2D eigenvalue weighted by atomic mass is 19.1. The average molecular weight is 373 g/mol. The molecule has 146 valence electrons. The number of fused-ring (bicyclic) bond motifs is 3. The van der Waals surface area contributed by atoms with Crippen molar-refractivity contribution < 1.29 is 9.13 Å². The van der Waals surface area contributed by atoms with Crippen LogP contribution in [0, 0.1) is 0 Å². The van der Waals surface area contributed by atoms with Gasteiger partial charge < -0.3 is 20.3 Å². The Hall–Kier alpha value is -2.28. The Bertz CT molecular complexity index is 813. The number of alkyl halides is 1. The lowest BCUT2D eigenvalue weighted by atomic mass is 10.0. The molecule has 0 saturated carbocycles. The van der Waals surface area contributed by atoms with E-state index in [9.17, 15) is 4.39 Å². The van der Waals surface area contributed by atoms with Crippen LogP contribution in [0.3, 0.4) is 0 Å². The highest BCUT2D eigenvalue weighted by Gasteiger charge is 2.25. The summed E-state index contributed by atoms with van der Waals surface area (Å²) in [7, 11) is 3.64. The predicted molar refractivity (Wildman–Crippen MR) is 106 cm³/mol. The molecule has 6 nitrogen and oxygen atoms in total. The number of hydrogen-bond acceptors (Lipinski definition) is 5. The molecule has 1 aromatic heterocycles. The topological polar surface area (TPSA) is 59.6 Å². The second-order valence-electron chi connectivity index (χ2n) is 7.49. The first-order valence-electron chi connectivity index (χ1n) is 9.67. The molecule has 0 amide bonds. The fourth-order valence-electron chi connectivity index (χ4n) is 4.21. The fourth-order valence-corrected chi connectivity index (χ4v) is 4.21. The average Bonchev–Trinajstić information content (AvgIpc) is 2.96. The van der Waals surface area contributed by atoms with E-state index in [0.29, 0.717) is 24.3 Å². The van der Waals surface area contributed by atoms with E-state index >= 15 is 0 Å². The van der Waals surface area contributed by atoms with Crippen molar-refractivity contribution in [2.24, 2.45) is 7.05 Å². The second kappa shape index (κ2) is 7.38. The Labute approximate surface area is 159 Å². The maximum Gasteiger partial charge on any atom is 0.143 e. The standard InChI is InChI=1S/C20H28FN5O/c1-24-18-5-8-26(10-9-25-6-3-14(21)4-7-25)19-12-20(27-2)17(22)11-15(19)16(18)13-23-24/h11-14H,3-10,22H2,1-2H3. The first-order chi connectivity index (χ1) is 13.1. The van der Waals surface area contributed by atoms with E-state index in [1.807, 2.05) is 30.1 Å². The van der Waals surface area contributed by atoms with Crippen LogP contribution in [0.4, 0.5) is 15.8 Å². The van der Waals surface area contributed by atoms with Crippen molar-refractivity contribution in [2.45, 2.75) is 25.4 Å². The quantitative estimate of drug-likeness (QED) is 0.835. The number of aryl methyl sites for hydroxylation is 1. The number of aromatic nitrogens is 2. The predicted octanol–water partition coefficient (Wildman–Crippen LogP) is 2.47. The van der Waals surface area contributed by atoms with E-state index in [1.54, 1.807) is 7.11 Å². The van der Waals surface area contributed by atoms with E-state index < -0.39 is 6.17 Å². The molecular formula is C20H28FN5O. The Morgan fingerprint density at radius 2 is 1.96 bits per heavy atom. The van der Waals surface area contributed by atoms with Crippen LogP contribution in [0.15, 0.2) is 18.3 Å². The number of hydrogen-bond donors (Lipinski definition) is 1. The van der Waals surface area contributed by atoms with E-state index in [-0.39, 0.29) is 0 Å². The summed E-state index contributed by atoms with van der Waals surface area (Å²) in [6.07, 6.45) is 3.52. The second-order valence-corrected chi connectivity index (χ2v) is 7.49. The van der Waals surface area contributed by atoms with Gasteiger partial charge >= 0.3 is 0 Å². The third-order valence-corrected chi connectivity index (χ3v) is 5.86. The number of nitrogen functional groups attached to an aromatic ring is 1. The van der Waals surface area contributed by atoms with Crippen LogP contribution in [-0.4, -0.2) is 60.7 Å². The lowest BCUT2D eigenvalue weighted by Crippen LogP contribution is -2.40. The minimum atomic E-state index is -0.630. The molecule has 7 heteroatoms. The lowest BCUT2D eigenvalue weighted by Gasteiger charge is -2.32. The summed E-state index contributed by atoms with van der Waals surface area (Å²) in [6, 6.07) is 4.04. The number of likely N-dealkylation sites (tertiary alicyclic amines) is 1. The summed E-state index contributed by atoms with van der Waals surface area (Å²) >= 11 is 0. The molecule has 3 heterocycles. The molecule has 0 spiro atoms. The first-order valence-corrected chi connectivity index (χ1v) is 9.67. The SMILES string of the molecule is COc1cc2c(cc1N)-c1cnn(C)c1CCN2CCN1CCC(F)CC1. The van der Waals surface area contributed by atoms with Crippen LogP contribution in [-0.2, 0) is 13.5 Å². The number of nitrogens with zero attached hydrogens (tertiary/aromatic N) is 4. The summed E-state index contributed by atoms with van der Waals surface area (Å²) < 4.78 is 20.8. The molecule has 2 aromatic rings. The Morgan fingerprint density at radius 3 is 2.70 bits per heavy atom. The smallest absolute Gasteiger partial charge is 0.143 e. The molecule has 0 atom stereocenters. The van der Waals surface area contributed by atoms with Gasteiger partial charge in [0.15, 0.2) is 0 Å². The monoisotopic (exact) mass is 373 g/mol. The molecular weight excluding hydrogens is 345 g/mol. The summed E-state index contributed by atoms with van der Waals surface area (Å²) in [4.78, 5) is 4.77. The third-order valence-electron chi connectivity index (χ3n) is 5.86. The molecule has 1 fully saturated rings. The van der Waals surface area contributed by atoms with E-state index in [1.165, 1.54) is 5.69 Å². The molecule has 1 saturated heterocycles. The van der Waals surface area contributed by atoms with Gasteiger partial charge in [0.1, 0.15) is 11.9 Å². The number of anilines is 2. The van der Waals surface area contributed by atoms with Crippen LogP contribution < -0.4 is 15.4 Å². The highest BCUT2D eigenvalue weighted by molar-refractivity contribution is 5.85. The maximum absolute atomic E-state index is 13.4. The lowest BCUT2D eigenvalue weighted by molar-refractivity contribution is 0.153. The maximum atomic E-state index is 13.4. The molecule has 4 rings (SSSR count). The fraction of sp³-hybridized carbons (Fsp3) is 0.550. The highest BCUT2D eigenvalue weighted by Crippen LogP contribution is 2.41. The number of piperidine rings is 1. The molecule has 27 heavy (non-hydrogen) atoms. The van der Waals surface area contributed by atoms with Gasteiger partial charge in [-0.25, -0.2) is 4.39 Å². The van der Waals surface area contributed by atoms with Gasteiger partial charge in [-0.1, -0.05) is 0 Å². The number of methoxy groups -OCH3 is 1. The summed E-state index contributed by atoms with van der Waals surface area (Å²) in [6.45, 7) is 4.44. The molecule has 2 aliphatic heterocycles. The van der Waals surface area contributed by atoms with Gasteiger partial charge in [0, 0.05) is 74.8 Å². The Morgan fingerprint density at radius 1 is 1.19 bits per heavy atom. The zero-order chi connectivity index (χ0) is 19.0. The van der Waals surface area contributed by atoms with Crippen molar-refractivity contribution in [1.82, 2.24) is 14.7 Å². The Balaban J connectivity index is 1.62. The zero-order valence-electron chi connectivity index (χ0n) is 16.1. The van der Waals surface area contributed by atoms with Gasteiger partial charge in [0.05, 0.1) is 19.0 Å². The van der Waals surface area contributed by atoms with Crippen molar-refractivity contribution >= 4 is 11.4 Å². The summed E-state index contributed by atoms with van der Waals surface area (Å²) in [5, 5.41) is 4.44. The van der Waals surface area contributed by atoms with Crippen molar-refractivity contribution in [3.63, 3.8) is 0 Å². The number of rotatable bonds is 4. The van der Waals surface area contributed by atoms with E-state index in [2.05, 4.69) is 14.9 Å². The van der Waals surface area contributed by atoms with Crippen LogP contribution >= 0.6 is 0 Å². The van der Waals surface area contributed by atoms with Crippen LogP contribution in [0.25, 0.3) is 11.1 Å². The van der Waals surface area contributed by atoms with Gasteiger partial charge in [0.2, 0.25) is 0 Å². The van der Waals surface area contributed by atoms with Gasteiger partial charge in [-0.3, -0.25) is 4.68 Å². The molecule has 2 N–H and O–H groups in total. The van der Waals surface area contributed by atoms with Crippen molar-refractivity contribution in [3.8, 4) is 16.9 Å². The summed E-state index contributed by atoms with van der Waals surface area (Å²) in [5.74, 6) is 0.698. The summed E-state index contributed by atoms with van der Waals surface area (Å²) in [5.41, 5.74) is 11.4. The number of halogens is 1. The normalized spacial score (nSPS) is 18.1. The number of ether oxygens (including phenoxy) is 1. The third kappa shape index (κ3) is 3.48. The number of nitrogens with two attached hydrogens (primary N) is 1. The first kappa shape index (κ1) is 18.1. The van der Waals surface area contributed by atoms with Crippen LogP contribution in [0.2, 0.25) is 0 Å². The van der Waals surface area contributed by atoms with Crippen molar-refractivity contribution in [2.75, 3.05) is 50.5 Å². The molecule has 0 bridgehead atoms. The van der Waals surface area contributed by atoms with Gasteiger partial charge in [0.25, 0.3) is 0 Å². The van der Waals surface area contributed by atoms with E-state index in [0.717, 1.165) is 56.0 Å². The minimum Gasteiger partial charge on any atom is -0.495 e. The van der Waals surface area contributed by atoms with Gasteiger partial charge in [-0.15, -0.1) is 0 Å². The van der Waals surface area contributed by atoms with Crippen molar-refractivity contribution in [3.05, 3.63) is 24.0 Å². The molecule has 0 aliphatic carbocycles. The largest absolute Gasteiger partial charge is 0.495 e. The molecule has 0 radical (unpaired) electrons. The van der Waals surface area contributed by atoms with Gasteiger partial charge in [-0.05, 0) is 18.9 Å². The van der Waals surface area contributed by atoms with E-state index in [4.69, 9.17) is 10.5 Å². The van der Waals surface area contributed by atoms with Crippen molar-refractivity contribution in [1.29, 1.82) is 0 Å². The van der Waals surface area contributed by atoms with Gasteiger partial charge in [-0.2, -0.15) is 5.10 Å². The number of benzene rings is 1.